The van der Waals surface area contributed by atoms with Crippen LogP contribution in [0, 0.1) is 12.7 Å². The van der Waals surface area contributed by atoms with E-state index in [1.807, 2.05) is 13.8 Å². The van der Waals surface area contributed by atoms with Crippen LogP contribution in [0.15, 0.2) is 60.7 Å². The van der Waals surface area contributed by atoms with Crippen molar-refractivity contribution in [2.45, 2.75) is 33.2 Å². The number of aromatic nitrogens is 1. The van der Waals surface area contributed by atoms with Crippen molar-refractivity contribution in [1.82, 2.24) is 4.98 Å². The standard InChI is InChI=1S/C30H29FN2O7S/c1-5-14-39-21-13-10-19(16-22(21)38-7-3)24-23(25(34)18-8-11-20(31)12-9-18)26(35)28(36)33(24)30-32-17(4)27(41-30)29(37)40-15-6-2/h6,8-13,16,24,34H,2,5,7,14-15H2,1,3-4H3. The number of benzene rings is 2. The molecule has 2 aromatic carbocycles. The van der Waals surface area contributed by atoms with Gasteiger partial charge in [-0.1, -0.05) is 37.0 Å². The van der Waals surface area contributed by atoms with Crippen molar-refractivity contribution in [2.24, 2.45) is 0 Å². The van der Waals surface area contributed by atoms with Gasteiger partial charge < -0.3 is 19.3 Å². The van der Waals surface area contributed by atoms with E-state index >= 15 is 0 Å². The second-order valence-electron chi connectivity index (χ2n) is 8.96. The maximum atomic E-state index is 13.6. The van der Waals surface area contributed by atoms with Crippen LogP contribution >= 0.6 is 11.3 Å². The number of anilines is 1. The molecule has 2 heterocycles. The number of hydrogen-bond donors (Lipinski definition) is 1. The minimum absolute atomic E-state index is 0.0135. The predicted octanol–water partition coefficient (Wildman–Crippen LogP) is 5.75. The van der Waals surface area contributed by atoms with Crippen LogP contribution in [0.4, 0.5) is 9.52 Å². The van der Waals surface area contributed by atoms with Crippen LogP contribution < -0.4 is 14.4 Å². The summed E-state index contributed by atoms with van der Waals surface area (Å²) >= 11 is 0.883. The van der Waals surface area contributed by atoms with Crippen LogP contribution in [-0.2, 0) is 14.3 Å². The second kappa shape index (κ2) is 12.8. The molecule has 0 aliphatic carbocycles. The smallest absolute Gasteiger partial charge is 0.350 e. The zero-order chi connectivity index (χ0) is 29.7. The fraction of sp³-hybridized carbons (Fsp3) is 0.267. The van der Waals surface area contributed by atoms with Gasteiger partial charge in [-0.2, -0.15) is 0 Å². The first-order valence-corrected chi connectivity index (χ1v) is 13.7. The molecule has 1 aromatic heterocycles. The fourth-order valence-corrected chi connectivity index (χ4v) is 5.26. The Balaban J connectivity index is 1.91. The molecule has 0 bridgehead atoms. The van der Waals surface area contributed by atoms with Gasteiger partial charge in [-0.05, 0) is 62.2 Å². The van der Waals surface area contributed by atoms with E-state index in [9.17, 15) is 23.9 Å². The summed E-state index contributed by atoms with van der Waals surface area (Å²) in [7, 11) is 0. The number of aryl methyl sites for hydroxylation is 1. The van der Waals surface area contributed by atoms with E-state index in [1.54, 1.807) is 25.1 Å². The van der Waals surface area contributed by atoms with Crippen molar-refractivity contribution in [2.75, 3.05) is 24.7 Å². The minimum atomic E-state index is -1.15. The number of ether oxygens (including phenoxy) is 3. The highest BCUT2D eigenvalue weighted by molar-refractivity contribution is 7.17. The molecule has 41 heavy (non-hydrogen) atoms. The van der Waals surface area contributed by atoms with E-state index in [4.69, 9.17) is 14.2 Å². The van der Waals surface area contributed by atoms with Crippen molar-refractivity contribution in [3.05, 3.63) is 88.2 Å². The number of ketones is 1. The third-order valence-corrected chi connectivity index (χ3v) is 7.25. The fourth-order valence-electron chi connectivity index (χ4n) is 4.28. The van der Waals surface area contributed by atoms with Gasteiger partial charge in [0.05, 0.1) is 30.5 Å². The number of aliphatic hydroxyl groups is 1. The lowest BCUT2D eigenvalue weighted by Crippen LogP contribution is -2.29. The zero-order valence-corrected chi connectivity index (χ0v) is 23.6. The van der Waals surface area contributed by atoms with Gasteiger partial charge in [-0.15, -0.1) is 0 Å². The van der Waals surface area contributed by atoms with Crippen molar-refractivity contribution < 1.29 is 38.1 Å². The quantitative estimate of drug-likeness (QED) is 0.100. The molecular formula is C30H29FN2O7S. The highest BCUT2D eigenvalue weighted by atomic mass is 32.1. The number of Topliss-reactive ketones (excluding diaryl/α,β-unsaturated/α-hetero) is 1. The largest absolute Gasteiger partial charge is 0.507 e. The summed E-state index contributed by atoms with van der Waals surface area (Å²) in [6.07, 6.45) is 2.19. The number of esters is 1. The van der Waals surface area contributed by atoms with Gasteiger partial charge in [0.15, 0.2) is 16.6 Å². The number of carbonyl (C=O) groups is 3. The lowest BCUT2D eigenvalue weighted by molar-refractivity contribution is -0.132. The van der Waals surface area contributed by atoms with Crippen molar-refractivity contribution >= 4 is 39.9 Å². The predicted molar refractivity (Wildman–Crippen MR) is 152 cm³/mol. The van der Waals surface area contributed by atoms with E-state index in [-0.39, 0.29) is 27.8 Å². The van der Waals surface area contributed by atoms with Crippen LogP contribution in [-0.4, -0.2) is 47.6 Å². The molecule has 0 spiro atoms. The topological polar surface area (TPSA) is 115 Å². The van der Waals surface area contributed by atoms with Crippen molar-refractivity contribution in [1.29, 1.82) is 0 Å². The lowest BCUT2D eigenvalue weighted by Gasteiger charge is -2.24. The maximum Gasteiger partial charge on any atom is 0.350 e. The molecule has 0 radical (unpaired) electrons. The maximum absolute atomic E-state index is 13.6. The van der Waals surface area contributed by atoms with Crippen molar-refractivity contribution in [3.63, 3.8) is 0 Å². The van der Waals surface area contributed by atoms with Crippen LogP contribution in [0.5, 0.6) is 11.5 Å². The van der Waals surface area contributed by atoms with E-state index < -0.39 is 35.3 Å². The van der Waals surface area contributed by atoms with Crippen LogP contribution in [0.3, 0.4) is 0 Å². The Morgan fingerprint density at radius 3 is 2.54 bits per heavy atom. The summed E-state index contributed by atoms with van der Waals surface area (Å²) in [5.41, 5.74) is 0.640. The Bertz CT molecular complexity index is 1510. The van der Waals surface area contributed by atoms with Gasteiger partial charge in [-0.3, -0.25) is 14.5 Å². The molecule has 3 aromatic rings. The first kappa shape index (κ1) is 29.5. The molecule has 1 unspecified atom stereocenters. The Hall–Kier alpha value is -4.51. The molecule has 1 saturated heterocycles. The monoisotopic (exact) mass is 580 g/mol. The minimum Gasteiger partial charge on any atom is -0.507 e. The molecule has 1 aliphatic rings. The summed E-state index contributed by atoms with van der Waals surface area (Å²) < 4.78 is 30.4. The number of carbonyl (C=O) groups excluding carboxylic acids is 3. The molecular weight excluding hydrogens is 551 g/mol. The van der Waals surface area contributed by atoms with Gasteiger partial charge in [0.2, 0.25) is 0 Å². The van der Waals surface area contributed by atoms with Crippen LogP contribution in [0.25, 0.3) is 5.76 Å². The summed E-state index contributed by atoms with van der Waals surface area (Å²) in [6, 6.07) is 8.70. The first-order chi connectivity index (χ1) is 19.7. The van der Waals surface area contributed by atoms with E-state index in [1.165, 1.54) is 18.2 Å². The number of hydrogen-bond acceptors (Lipinski definition) is 9. The number of thiazole rings is 1. The Labute approximate surface area is 240 Å². The highest BCUT2D eigenvalue weighted by Gasteiger charge is 2.48. The summed E-state index contributed by atoms with van der Waals surface area (Å²) in [6.45, 7) is 9.65. The van der Waals surface area contributed by atoms with Gasteiger partial charge >= 0.3 is 11.9 Å². The molecule has 0 saturated carbocycles. The van der Waals surface area contributed by atoms with Gasteiger partial charge in [0.25, 0.3) is 5.78 Å². The third kappa shape index (κ3) is 5.99. The van der Waals surface area contributed by atoms with E-state index in [0.717, 1.165) is 34.8 Å². The summed E-state index contributed by atoms with van der Waals surface area (Å²) in [4.78, 5) is 45.3. The molecule has 4 rings (SSSR count). The Morgan fingerprint density at radius 2 is 1.88 bits per heavy atom. The number of halogens is 1. The number of rotatable bonds is 11. The number of aliphatic hydroxyl groups excluding tert-OH is 1. The average molecular weight is 581 g/mol. The molecule has 1 N–H and O–H groups in total. The average Bonchev–Trinajstić information content (AvgIpc) is 3.47. The van der Waals surface area contributed by atoms with Gasteiger partial charge in [0, 0.05) is 5.56 Å². The summed E-state index contributed by atoms with van der Waals surface area (Å²) in [5, 5.41) is 11.3. The molecule has 1 fully saturated rings. The highest BCUT2D eigenvalue weighted by Crippen LogP contribution is 2.45. The molecule has 1 atom stereocenters. The zero-order valence-electron chi connectivity index (χ0n) is 22.8. The second-order valence-corrected chi connectivity index (χ2v) is 9.94. The Kier molecular flexibility index (Phi) is 9.18. The number of amides is 1. The van der Waals surface area contributed by atoms with Crippen LogP contribution in [0.2, 0.25) is 0 Å². The molecule has 214 valence electrons. The molecule has 1 aliphatic heterocycles. The molecule has 1 amide bonds. The SMILES string of the molecule is C=CCOC(=O)c1sc(N2C(=O)C(=O)C(=C(O)c3ccc(F)cc3)C2c2ccc(OCCC)c(OCC)c2)nc1C. The van der Waals surface area contributed by atoms with E-state index in [2.05, 4.69) is 11.6 Å². The first-order valence-electron chi connectivity index (χ1n) is 12.9. The van der Waals surface area contributed by atoms with Gasteiger partial charge in [-0.25, -0.2) is 14.2 Å². The summed E-state index contributed by atoms with van der Waals surface area (Å²) in [5.74, 6) is -2.73. The molecule has 9 nitrogen and oxygen atoms in total. The van der Waals surface area contributed by atoms with Crippen molar-refractivity contribution in [3.8, 4) is 11.5 Å². The van der Waals surface area contributed by atoms with E-state index in [0.29, 0.717) is 36.0 Å². The molecule has 11 heteroatoms. The van der Waals surface area contributed by atoms with Gasteiger partial charge in [0.1, 0.15) is 23.1 Å². The Morgan fingerprint density at radius 1 is 1.15 bits per heavy atom. The lowest BCUT2D eigenvalue weighted by atomic mass is 9.95. The number of nitrogens with zero attached hydrogens (tertiary/aromatic N) is 2. The normalized spacial score (nSPS) is 16.1. The van der Waals surface area contributed by atoms with Crippen LogP contribution in [0.1, 0.15) is 52.8 Å². The third-order valence-electron chi connectivity index (χ3n) is 6.12.